The highest BCUT2D eigenvalue weighted by molar-refractivity contribution is 7.11. The van der Waals surface area contributed by atoms with Gasteiger partial charge in [-0.1, -0.05) is 24.3 Å². The van der Waals surface area contributed by atoms with Crippen molar-refractivity contribution in [2.24, 2.45) is 0 Å². The second-order valence-corrected chi connectivity index (χ2v) is 5.08. The molecule has 0 saturated heterocycles. The zero-order valence-corrected chi connectivity index (χ0v) is 11.1. The summed E-state index contributed by atoms with van der Waals surface area (Å²) in [5.41, 5.74) is 3.59. The fraction of sp³-hybridized carbons (Fsp3) is 0.133. The molecule has 0 unspecified atom stereocenters. The Balaban J connectivity index is 2.52. The monoisotopic (exact) mass is 258 g/mol. The third-order valence-corrected chi connectivity index (χ3v) is 3.87. The van der Waals surface area contributed by atoms with Crippen LogP contribution in [0.5, 0.6) is 0 Å². The lowest BCUT2D eigenvalue weighted by Gasteiger charge is -2.06. The number of benzene rings is 1. The average Bonchev–Trinajstić information content (AvgIpc) is 2.84. The van der Waals surface area contributed by atoms with Gasteiger partial charge in [-0.25, -0.2) is 4.79 Å². The van der Waals surface area contributed by atoms with Gasteiger partial charge in [0, 0.05) is 4.88 Å². The molecule has 0 radical (unpaired) electrons. The third kappa shape index (κ3) is 2.51. The van der Waals surface area contributed by atoms with Gasteiger partial charge in [0.15, 0.2) is 0 Å². The highest BCUT2D eigenvalue weighted by atomic mass is 32.1. The summed E-state index contributed by atoms with van der Waals surface area (Å²) in [5, 5.41) is 11.2. The minimum atomic E-state index is -0.890. The van der Waals surface area contributed by atoms with E-state index in [0.29, 0.717) is 5.57 Å². The van der Waals surface area contributed by atoms with Crippen molar-refractivity contribution in [3.63, 3.8) is 0 Å². The summed E-state index contributed by atoms with van der Waals surface area (Å²) in [7, 11) is 0. The van der Waals surface area contributed by atoms with Crippen LogP contribution in [0.4, 0.5) is 0 Å². The molecule has 0 aliphatic rings. The van der Waals surface area contributed by atoms with E-state index in [1.807, 2.05) is 49.6 Å². The molecule has 1 aromatic carbocycles. The van der Waals surface area contributed by atoms with E-state index in [0.717, 1.165) is 16.0 Å². The van der Waals surface area contributed by atoms with Crippen LogP contribution in [0.2, 0.25) is 0 Å². The maximum absolute atomic E-state index is 11.3. The van der Waals surface area contributed by atoms with Crippen molar-refractivity contribution in [2.75, 3.05) is 0 Å². The standard InChI is InChI=1S/C15H14O2S/c1-10-5-3-6-12(11(10)2)9-13(15(16)17)14-7-4-8-18-14/h3-9H,1-2H3,(H,16,17). The van der Waals surface area contributed by atoms with Crippen LogP contribution >= 0.6 is 11.3 Å². The largest absolute Gasteiger partial charge is 0.478 e. The van der Waals surface area contributed by atoms with Crippen molar-refractivity contribution in [1.29, 1.82) is 0 Å². The van der Waals surface area contributed by atoms with E-state index >= 15 is 0 Å². The molecule has 1 N–H and O–H groups in total. The second-order valence-electron chi connectivity index (χ2n) is 4.13. The molecule has 2 nitrogen and oxygen atoms in total. The van der Waals surface area contributed by atoms with Crippen LogP contribution in [0.3, 0.4) is 0 Å². The van der Waals surface area contributed by atoms with Crippen LogP contribution in [-0.2, 0) is 4.79 Å². The molecule has 2 rings (SSSR count). The Bertz CT molecular complexity index is 595. The summed E-state index contributed by atoms with van der Waals surface area (Å²) in [6.45, 7) is 4.04. The van der Waals surface area contributed by atoms with E-state index in [1.165, 1.54) is 16.9 Å². The second kappa shape index (κ2) is 5.19. The van der Waals surface area contributed by atoms with Crippen molar-refractivity contribution >= 4 is 29.0 Å². The SMILES string of the molecule is Cc1cccc(C=C(C(=O)O)c2cccs2)c1C. The Morgan fingerprint density at radius 1 is 1.22 bits per heavy atom. The normalized spacial score (nSPS) is 11.6. The Labute approximate surface area is 110 Å². The number of hydrogen-bond donors (Lipinski definition) is 1. The minimum Gasteiger partial charge on any atom is -0.478 e. The summed E-state index contributed by atoms with van der Waals surface area (Å²) in [5.74, 6) is -0.890. The van der Waals surface area contributed by atoms with Gasteiger partial charge in [-0.3, -0.25) is 0 Å². The molecule has 0 aliphatic heterocycles. The van der Waals surface area contributed by atoms with E-state index in [2.05, 4.69) is 0 Å². The third-order valence-electron chi connectivity index (χ3n) is 2.96. The quantitative estimate of drug-likeness (QED) is 0.845. The predicted octanol–water partition coefficient (Wildman–Crippen LogP) is 3.99. The first-order valence-electron chi connectivity index (χ1n) is 5.64. The van der Waals surface area contributed by atoms with Crippen molar-refractivity contribution in [2.45, 2.75) is 13.8 Å². The molecular formula is C15H14O2S. The van der Waals surface area contributed by atoms with E-state index in [1.54, 1.807) is 6.08 Å². The first-order valence-corrected chi connectivity index (χ1v) is 6.52. The van der Waals surface area contributed by atoms with Crippen LogP contribution in [0, 0.1) is 13.8 Å². The van der Waals surface area contributed by atoms with Gasteiger partial charge >= 0.3 is 5.97 Å². The molecule has 0 amide bonds. The van der Waals surface area contributed by atoms with Crippen LogP contribution < -0.4 is 0 Å². The van der Waals surface area contributed by atoms with Gasteiger partial charge in [-0.05, 0) is 48.1 Å². The van der Waals surface area contributed by atoms with Gasteiger partial charge in [0.2, 0.25) is 0 Å². The fourth-order valence-corrected chi connectivity index (χ4v) is 2.49. The van der Waals surface area contributed by atoms with Gasteiger partial charge in [0.05, 0.1) is 5.57 Å². The lowest BCUT2D eigenvalue weighted by atomic mass is 10.0. The highest BCUT2D eigenvalue weighted by Crippen LogP contribution is 2.25. The Hall–Kier alpha value is -1.87. The minimum absolute atomic E-state index is 0.346. The topological polar surface area (TPSA) is 37.3 Å². The molecule has 0 atom stereocenters. The van der Waals surface area contributed by atoms with Crippen LogP contribution in [0.1, 0.15) is 21.6 Å². The number of carbonyl (C=O) groups is 1. The van der Waals surface area contributed by atoms with Gasteiger partial charge in [-0.15, -0.1) is 11.3 Å². The maximum atomic E-state index is 11.3. The lowest BCUT2D eigenvalue weighted by molar-refractivity contribution is -0.130. The summed E-state index contributed by atoms with van der Waals surface area (Å²) >= 11 is 1.44. The number of thiophene rings is 1. The number of aryl methyl sites for hydroxylation is 1. The molecular weight excluding hydrogens is 244 g/mol. The number of hydrogen-bond acceptors (Lipinski definition) is 2. The summed E-state index contributed by atoms with van der Waals surface area (Å²) < 4.78 is 0. The van der Waals surface area contributed by atoms with E-state index in [-0.39, 0.29) is 0 Å². The Kier molecular flexibility index (Phi) is 3.63. The molecule has 92 valence electrons. The summed E-state index contributed by atoms with van der Waals surface area (Å²) in [6.07, 6.45) is 1.75. The molecule has 0 bridgehead atoms. The molecule has 0 aliphatic carbocycles. The Morgan fingerprint density at radius 3 is 2.61 bits per heavy atom. The first kappa shape index (κ1) is 12.6. The number of carboxylic acids is 1. The van der Waals surface area contributed by atoms with Crippen molar-refractivity contribution in [1.82, 2.24) is 0 Å². The van der Waals surface area contributed by atoms with Gasteiger partial charge < -0.3 is 5.11 Å². The first-order chi connectivity index (χ1) is 8.59. The number of carboxylic acid groups (broad SMARTS) is 1. The summed E-state index contributed by atoms with van der Waals surface area (Å²) in [4.78, 5) is 12.1. The molecule has 3 heteroatoms. The van der Waals surface area contributed by atoms with Crippen molar-refractivity contribution in [3.05, 3.63) is 57.3 Å². The molecule has 0 spiro atoms. The number of rotatable bonds is 3. The average molecular weight is 258 g/mol. The van der Waals surface area contributed by atoms with E-state index < -0.39 is 5.97 Å². The molecule has 2 aromatic rings. The highest BCUT2D eigenvalue weighted by Gasteiger charge is 2.12. The molecule has 0 fully saturated rings. The van der Waals surface area contributed by atoms with Gasteiger partial charge in [0.1, 0.15) is 0 Å². The maximum Gasteiger partial charge on any atom is 0.337 e. The smallest absolute Gasteiger partial charge is 0.337 e. The molecule has 1 aromatic heterocycles. The van der Waals surface area contributed by atoms with Gasteiger partial charge in [0.25, 0.3) is 0 Å². The van der Waals surface area contributed by atoms with Crippen LogP contribution in [0.15, 0.2) is 35.7 Å². The van der Waals surface area contributed by atoms with Crippen LogP contribution in [0.25, 0.3) is 11.6 Å². The fourth-order valence-electron chi connectivity index (χ4n) is 1.76. The summed E-state index contributed by atoms with van der Waals surface area (Å²) in [6, 6.07) is 9.61. The van der Waals surface area contributed by atoms with Crippen molar-refractivity contribution < 1.29 is 9.90 Å². The Morgan fingerprint density at radius 2 is 2.00 bits per heavy atom. The molecule has 1 heterocycles. The molecule has 0 saturated carbocycles. The van der Waals surface area contributed by atoms with E-state index in [9.17, 15) is 9.90 Å². The zero-order valence-electron chi connectivity index (χ0n) is 10.3. The van der Waals surface area contributed by atoms with Gasteiger partial charge in [-0.2, -0.15) is 0 Å². The lowest BCUT2D eigenvalue weighted by Crippen LogP contribution is -1.98. The zero-order chi connectivity index (χ0) is 13.1. The predicted molar refractivity (Wildman–Crippen MR) is 75.7 cm³/mol. The van der Waals surface area contributed by atoms with Crippen LogP contribution in [-0.4, -0.2) is 11.1 Å². The van der Waals surface area contributed by atoms with E-state index in [4.69, 9.17) is 0 Å². The molecule has 18 heavy (non-hydrogen) atoms. The number of aliphatic carboxylic acids is 1. The van der Waals surface area contributed by atoms with Crippen molar-refractivity contribution in [3.8, 4) is 0 Å².